The van der Waals surface area contributed by atoms with Gasteiger partial charge < -0.3 is 10.6 Å². The summed E-state index contributed by atoms with van der Waals surface area (Å²) >= 11 is 5.80. The normalized spacial score (nSPS) is 16.1. The predicted octanol–water partition coefficient (Wildman–Crippen LogP) is 1.86. The highest BCUT2D eigenvalue weighted by Gasteiger charge is 2.30. The van der Waals surface area contributed by atoms with Gasteiger partial charge >= 0.3 is 0 Å². The molecule has 1 fully saturated rings. The predicted molar refractivity (Wildman–Crippen MR) is 100 cm³/mol. The lowest BCUT2D eigenvalue weighted by Gasteiger charge is -2.33. The van der Waals surface area contributed by atoms with Crippen molar-refractivity contribution in [3.05, 3.63) is 34.9 Å². The van der Waals surface area contributed by atoms with Crippen molar-refractivity contribution in [2.75, 3.05) is 31.9 Å². The summed E-state index contributed by atoms with van der Waals surface area (Å²) in [4.78, 5) is 12.1. The number of hydrogen-bond donors (Lipinski definition) is 2. The summed E-state index contributed by atoms with van der Waals surface area (Å²) in [5, 5.41) is 6.48. The first-order chi connectivity index (χ1) is 11.9. The Labute approximate surface area is 155 Å². The fourth-order valence-corrected chi connectivity index (χ4v) is 4.82. The molecule has 0 atom stereocenters. The second-order valence-electron chi connectivity index (χ2n) is 6.17. The van der Waals surface area contributed by atoms with E-state index in [9.17, 15) is 13.2 Å². The molecule has 1 saturated heterocycles. The van der Waals surface area contributed by atoms with Crippen LogP contribution in [0, 0.1) is 0 Å². The van der Waals surface area contributed by atoms with Crippen LogP contribution in [-0.2, 0) is 10.0 Å². The highest BCUT2D eigenvalue weighted by molar-refractivity contribution is 7.89. The van der Waals surface area contributed by atoms with E-state index < -0.39 is 10.0 Å². The summed E-state index contributed by atoms with van der Waals surface area (Å²) in [5.41, 5.74) is 0.463. The van der Waals surface area contributed by atoms with Crippen molar-refractivity contribution in [1.82, 2.24) is 14.9 Å². The number of halogens is 1. The first-order valence-corrected chi connectivity index (χ1v) is 10.7. The Bertz CT molecular complexity index is 658. The quantitative estimate of drug-likeness (QED) is 0.713. The van der Waals surface area contributed by atoms with Crippen LogP contribution in [0.5, 0.6) is 0 Å². The summed E-state index contributed by atoms with van der Waals surface area (Å²) in [7, 11) is -3.40. The average Bonchev–Trinajstić information content (AvgIpc) is 2.60. The van der Waals surface area contributed by atoms with Crippen molar-refractivity contribution in [2.45, 2.75) is 32.2 Å². The SMILES string of the molecule is CCCN(C1CCNCC1)S(=O)(=O)CCNC(=O)c1ccc(Cl)cc1. The molecule has 140 valence electrons. The molecule has 0 spiro atoms. The van der Waals surface area contributed by atoms with Crippen LogP contribution in [0.25, 0.3) is 0 Å². The third-order valence-electron chi connectivity index (χ3n) is 4.27. The lowest BCUT2D eigenvalue weighted by molar-refractivity contribution is 0.0956. The van der Waals surface area contributed by atoms with Gasteiger partial charge in [0.25, 0.3) is 5.91 Å². The zero-order valence-electron chi connectivity index (χ0n) is 14.5. The zero-order valence-corrected chi connectivity index (χ0v) is 16.1. The Kier molecular flexibility index (Phi) is 7.68. The number of nitrogens with zero attached hydrogens (tertiary/aromatic N) is 1. The van der Waals surface area contributed by atoms with Crippen molar-refractivity contribution in [2.24, 2.45) is 0 Å². The Hall–Kier alpha value is -1.15. The van der Waals surface area contributed by atoms with E-state index in [1.165, 1.54) is 0 Å². The number of carbonyl (C=O) groups excluding carboxylic acids is 1. The molecule has 2 N–H and O–H groups in total. The standard InChI is InChI=1S/C17H26ClN3O3S/c1-2-12-21(16-7-9-19-10-8-16)25(23,24)13-11-20-17(22)14-3-5-15(18)6-4-14/h3-6,16,19H,2,7-13H2,1H3,(H,20,22). The Morgan fingerprint density at radius 3 is 2.52 bits per heavy atom. The minimum Gasteiger partial charge on any atom is -0.351 e. The van der Waals surface area contributed by atoms with E-state index in [1.54, 1.807) is 28.6 Å². The highest BCUT2D eigenvalue weighted by Crippen LogP contribution is 2.17. The van der Waals surface area contributed by atoms with Crippen LogP contribution < -0.4 is 10.6 Å². The highest BCUT2D eigenvalue weighted by atomic mass is 35.5. The maximum absolute atomic E-state index is 12.7. The minimum absolute atomic E-state index is 0.0539. The molecular weight excluding hydrogens is 362 g/mol. The second kappa shape index (κ2) is 9.52. The van der Waals surface area contributed by atoms with E-state index in [0.717, 1.165) is 32.4 Å². The van der Waals surface area contributed by atoms with Crippen molar-refractivity contribution in [3.8, 4) is 0 Å². The van der Waals surface area contributed by atoms with Crippen molar-refractivity contribution >= 4 is 27.5 Å². The fourth-order valence-electron chi connectivity index (χ4n) is 2.98. The summed E-state index contributed by atoms with van der Waals surface area (Å²) in [6.07, 6.45) is 2.44. The molecular formula is C17H26ClN3O3S. The van der Waals surface area contributed by atoms with Gasteiger partial charge in [0.05, 0.1) is 5.75 Å². The number of hydrogen-bond acceptors (Lipinski definition) is 4. The molecule has 1 amide bonds. The molecule has 1 aromatic carbocycles. The second-order valence-corrected chi connectivity index (χ2v) is 8.65. The minimum atomic E-state index is -3.40. The van der Waals surface area contributed by atoms with Crippen LogP contribution in [0.3, 0.4) is 0 Å². The zero-order chi connectivity index (χ0) is 18.3. The van der Waals surface area contributed by atoms with E-state index in [4.69, 9.17) is 11.6 Å². The summed E-state index contributed by atoms with van der Waals surface area (Å²) in [5.74, 6) is -0.383. The number of amides is 1. The van der Waals surface area contributed by atoms with Gasteiger partial charge in [-0.25, -0.2) is 8.42 Å². The molecule has 1 heterocycles. The van der Waals surface area contributed by atoms with Gasteiger partial charge in [0.1, 0.15) is 0 Å². The van der Waals surface area contributed by atoms with Gasteiger partial charge in [0.2, 0.25) is 10.0 Å². The van der Waals surface area contributed by atoms with Gasteiger partial charge in [0, 0.05) is 29.7 Å². The molecule has 0 saturated carbocycles. The van der Waals surface area contributed by atoms with E-state index >= 15 is 0 Å². The smallest absolute Gasteiger partial charge is 0.251 e. The Morgan fingerprint density at radius 2 is 1.92 bits per heavy atom. The van der Waals surface area contributed by atoms with Gasteiger partial charge in [-0.15, -0.1) is 0 Å². The van der Waals surface area contributed by atoms with Gasteiger partial charge in [-0.2, -0.15) is 4.31 Å². The molecule has 1 aromatic rings. The fraction of sp³-hybridized carbons (Fsp3) is 0.588. The van der Waals surface area contributed by atoms with E-state index in [0.29, 0.717) is 17.1 Å². The van der Waals surface area contributed by atoms with E-state index in [1.807, 2.05) is 6.92 Å². The van der Waals surface area contributed by atoms with Crippen LogP contribution in [0.4, 0.5) is 0 Å². The van der Waals surface area contributed by atoms with Gasteiger partial charge in [-0.1, -0.05) is 18.5 Å². The largest absolute Gasteiger partial charge is 0.351 e. The molecule has 0 unspecified atom stereocenters. The maximum Gasteiger partial charge on any atom is 0.251 e. The molecule has 0 aliphatic carbocycles. The number of carbonyl (C=O) groups is 1. The van der Waals surface area contributed by atoms with E-state index in [-0.39, 0.29) is 24.2 Å². The molecule has 1 aliphatic rings. The molecule has 0 aromatic heterocycles. The lowest BCUT2D eigenvalue weighted by Crippen LogP contribution is -2.48. The number of sulfonamides is 1. The van der Waals surface area contributed by atoms with Crippen LogP contribution in [0.1, 0.15) is 36.5 Å². The van der Waals surface area contributed by atoms with Crippen LogP contribution in [0.15, 0.2) is 24.3 Å². The number of piperidine rings is 1. The van der Waals surface area contributed by atoms with Gasteiger partial charge in [-0.3, -0.25) is 4.79 Å². The first-order valence-electron chi connectivity index (χ1n) is 8.68. The summed E-state index contributed by atoms with van der Waals surface area (Å²) in [6.45, 7) is 4.28. The third-order valence-corrected chi connectivity index (χ3v) is 6.44. The molecule has 0 bridgehead atoms. The number of nitrogens with one attached hydrogen (secondary N) is 2. The number of rotatable bonds is 8. The van der Waals surface area contributed by atoms with Crippen LogP contribution in [0.2, 0.25) is 5.02 Å². The summed E-state index contributed by atoms with van der Waals surface area (Å²) in [6, 6.07) is 6.55. The molecule has 1 aliphatic heterocycles. The average molecular weight is 388 g/mol. The van der Waals surface area contributed by atoms with Gasteiger partial charge in [-0.05, 0) is 56.6 Å². The van der Waals surface area contributed by atoms with Crippen molar-refractivity contribution in [1.29, 1.82) is 0 Å². The Balaban J connectivity index is 1.91. The van der Waals surface area contributed by atoms with Crippen molar-refractivity contribution in [3.63, 3.8) is 0 Å². The van der Waals surface area contributed by atoms with Crippen LogP contribution in [-0.4, -0.2) is 56.6 Å². The first kappa shape index (κ1) is 20.2. The molecule has 0 radical (unpaired) electrons. The van der Waals surface area contributed by atoms with Crippen LogP contribution >= 0.6 is 11.6 Å². The summed E-state index contributed by atoms with van der Waals surface area (Å²) < 4.78 is 27.1. The van der Waals surface area contributed by atoms with E-state index in [2.05, 4.69) is 10.6 Å². The topological polar surface area (TPSA) is 78.5 Å². The monoisotopic (exact) mass is 387 g/mol. The molecule has 25 heavy (non-hydrogen) atoms. The number of benzene rings is 1. The lowest BCUT2D eigenvalue weighted by atomic mass is 10.1. The maximum atomic E-state index is 12.7. The molecule has 6 nitrogen and oxygen atoms in total. The Morgan fingerprint density at radius 1 is 1.28 bits per heavy atom. The van der Waals surface area contributed by atoms with Crippen molar-refractivity contribution < 1.29 is 13.2 Å². The molecule has 2 rings (SSSR count). The third kappa shape index (κ3) is 5.95. The molecule has 8 heteroatoms. The van der Waals surface area contributed by atoms with Gasteiger partial charge in [0.15, 0.2) is 0 Å².